The highest BCUT2D eigenvalue weighted by Gasteiger charge is 2.02. The zero-order valence-corrected chi connectivity index (χ0v) is 10.6. The molecule has 0 saturated heterocycles. The van der Waals surface area contributed by atoms with E-state index in [4.69, 9.17) is 0 Å². The fourth-order valence-corrected chi connectivity index (χ4v) is 1.70. The molecular weight excluding hydrogens is 228 g/mol. The third-order valence-electron chi connectivity index (χ3n) is 2.51. The molecule has 5 nitrogen and oxygen atoms in total. The molecule has 2 rings (SSSR count). The number of hydrogen-bond acceptors (Lipinski definition) is 4. The van der Waals surface area contributed by atoms with Crippen molar-refractivity contribution in [1.82, 2.24) is 14.8 Å². The molecule has 0 atom stereocenters. The highest BCUT2D eigenvalue weighted by Crippen LogP contribution is 2.07. The van der Waals surface area contributed by atoms with Crippen LogP contribution in [0.2, 0.25) is 0 Å². The summed E-state index contributed by atoms with van der Waals surface area (Å²) in [5.41, 5.74) is 2.52. The number of nitrogens with one attached hydrogen (secondary N) is 1. The number of rotatable bonds is 4. The summed E-state index contributed by atoms with van der Waals surface area (Å²) in [7, 11) is 0. The highest BCUT2D eigenvalue weighted by molar-refractivity contribution is 5.42. The molecule has 0 bridgehead atoms. The first-order valence-electron chi connectivity index (χ1n) is 5.92. The zero-order chi connectivity index (χ0) is 13.0. The largest absolute Gasteiger partial charge is 0.385 e. The number of aromatic nitrogens is 3. The smallest absolute Gasteiger partial charge is 0.267 e. The van der Waals surface area contributed by atoms with Crippen LogP contribution in [0.25, 0.3) is 0 Å². The number of nitrogens with zero attached hydrogens (tertiary/aromatic N) is 3. The number of aryl methyl sites for hydroxylation is 1. The van der Waals surface area contributed by atoms with Crippen LogP contribution in [0, 0.1) is 6.92 Å². The summed E-state index contributed by atoms with van der Waals surface area (Å²) < 4.78 is 1.42. The molecule has 0 saturated carbocycles. The van der Waals surface area contributed by atoms with Gasteiger partial charge in [0.05, 0.1) is 17.9 Å². The molecule has 0 radical (unpaired) electrons. The first-order chi connectivity index (χ1) is 8.69. The summed E-state index contributed by atoms with van der Waals surface area (Å²) in [5, 5.41) is 7.40. The van der Waals surface area contributed by atoms with Crippen LogP contribution >= 0.6 is 0 Å². The third-order valence-corrected chi connectivity index (χ3v) is 2.51. The molecule has 0 fully saturated rings. The average Bonchev–Trinajstić information content (AvgIpc) is 2.35. The van der Waals surface area contributed by atoms with Crippen molar-refractivity contribution in [1.29, 1.82) is 0 Å². The van der Waals surface area contributed by atoms with Crippen molar-refractivity contribution in [2.45, 2.75) is 20.4 Å². The quantitative estimate of drug-likeness (QED) is 0.883. The van der Waals surface area contributed by atoms with E-state index in [2.05, 4.69) is 15.4 Å². The van der Waals surface area contributed by atoms with Crippen LogP contribution < -0.4 is 10.9 Å². The van der Waals surface area contributed by atoms with Crippen molar-refractivity contribution >= 4 is 5.69 Å². The van der Waals surface area contributed by atoms with E-state index in [0.29, 0.717) is 6.54 Å². The van der Waals surface area contributed by atoms with Crippen molar-refractivity contribution in [3.63, 3.8) is 0 Å². The lowest BCUT2D eigenvalue weighted by molar-refractivity contribution is 0.618. The molecule has 0 aromatic carbocycles. The Kier molecular flexibility index (Phi) is 3.72. The summed E-state index contributed by atoms with van der Waals surface area (Å²) in [6.07, 6.45) is 1.73. The number of anilines is 1. The van der Waals surface area contributed by atoms with Gasteiger partial charge in [0.15, 0.2) is 0 Å². The Labute approximate surface area is 105 Å². The van der Waals surface area contributed by atoms with E-state index in [1.165, 1.54) is 10.7 Å². The average molecular weight is 244 g/mol. The maximum absolute atomic E-state index is 11.6. The van der Waals surface area contributed by atoms with Gasteiger partial charge in [-0.05, 0) is 32.0 Å². The second-order valence-electron chi connectivity index (χ2n) is 4.04. The summed E-state index contributed by atoms with van der Waals surface area (Å²) in [6.45, 7) is 5.14. The normalized spacial score (nSPS) is 10.3. The van der Waals surface area contributed by atoms with Crippen molar-refractivity contribution < 1.29 is 0 Å². The Morgan fingerprint density at radius 2 is 2.17 bits per heavy atom. The van der Waals surface area contributed by atoms with Gasteiger partial charge in [-0.1, -0.05) is 0 Å². The first-order valence-corrected chi connectivity index (χ1v) is 5.92. The molecule has 0 amide bonds. The maximum atomic E-state index is 11.6. The predicted molar refractivity (Wildman–Crippen MR) is 70.7 cm³/mol. The summed E-state index contributed by atoms with van der Waals surface area (Å²) in [5.74, 6) is 0. The van der Waals surface area contributed by atoms with Crippen LogP contribution in [0.15, 0.2) is 35.3 Å². The highest BCUT2D eigenvalue weighted by atomic mass is 16.1. The molecule has 2 heterocycles. The molecule has 0 spiro atoms. The monoisotopic (exact) mass is 244 g/mol. The van der Waals surface area contributed by atoms with Gasteiger partial charge in [-0.25, -0.2) is 4.68 Å². The van der Waals surface area contributed by atoms with E-state index >= 15 is 0 Å². The Hall–Kier alpha value is -2.17. The first kappa shape index (κ1) is 12.3. The van der Waals surface area contributed by atoms with Gasteiger partial charge < -0.3 is 5.32 Å². The molecule has 2 aromatic rings. The maximum Gasteiger partial charge on any atom is 0.267 e. The van der Waals surface area contributed by atoms with Gasteiger partial charge in [-0.15, -0.1) is 0 Å². The van der Waals surface area contributed by atoms with Crippen LogP contribution in [0.5, 0.6) is 0 Å². The van der Waals surface area contributed by atoms with E-state index in [1.807, 2.05) is 26.0 Å². The molecule has 5 heteroatoms. The Bertz CT molecular complexity index is 592. The van der Waals surface area contributed by atoms with E-state index < -0.39 is 0 Å². The summed E-state index contributed by atoms with van der Waals surface area (Å²) in [4.78, 5) is 15.9. The standard InChI is InChI=1S/C13H16N4O/c1-3-14-11-6-7-15-12(8-11)9-17-13(18)5-4-10(2)16-17/h4-8H,3,9H2,1-2H3,(H,14,15). The van der Waals surface area contributed by atoms with Crippen LogP contribution in [0.4, 0.5) is 5.69 Å². The molecule has 0 unspecified atom stereocenters. The molecule has 18 heavy (non-hydrogen) atoms. The second kappa shape index (κ2) is 5.44. The minimum atomic E-state index is -0.115. The molecule has 0 aliphatic carbocycles. The van der Waals surface area contributed by atoms with Crippen LogP contribution in [-0.2, 0) is 6.54 Å². The van der Waals surface area contributed by atoms with Gasteiger partial charge >= 0.3 is 0 Å². The Morgan fingerprint density at radius 1 is 1.33 bits per heavy atom. The zero-order valence-electron chi connectivity index (χ0n) is 10.6. The Morgan fingerprint density at radius 3 is 2.94 bits per heavy atom. The van der Waals surface area contributed by atoms with Gasteiger partial charge in [0, 0.05) is 24.5 Å². The van der Waals surface area contributed by atoms with Gasteiger partial charge in [-0.3, -0.25) is 9.78 Å². The molecular formula is C13H16N4O. The fourth-order valence-electron chi connectivity index (χ4n) is 1.70. The lowest BCUT2D eigenvalue weighted by Crippen LogP contribution is -2.23. The lowest BCUT2D eigenvalue weighted by atomic mass is 10.3. The fraction of sp³-hybridized carbons (Fsp3) is 0.308. The van der Waals surface area contributed by atoms with Crippen LogP contribution in [0.3, 0.4) is 0 Å². The SMILES string of the molecule is CCNc1ccnc(Cn2nc(C)ccc2=O)c1. The van der Waals surface area contributed by atoms with Crippen LogP contribution in [-0.4, -0.2) is 21.3 Å². The molecule has 0 aliphatic heterocycles. The van der Waals surface area contributed by atoms with E-state index in [0.717, 1.165) is 23.6 Å². The van der Waals surface area contributed by atoms with E-state index in [9.17, 15) is 4.79 Å². The summed E-state index contributed by atoms with van der Waals surface area (Å²) >= 11 is 0. The predicted octanol–water partition coefficient (Wildman–Crippen LogP) is 1.43. The number of hydrogen-bond donors (Lipinski definition) is 1. The number of pyridine rings is 1. The summed E-state index contributed by atoms with van der Waals surface area (Å²) in [6, 6.07) is 7.07. The molecule has 0 aliphatic rings. The third kappa shape index (κ3) is 2.94. The molecule has 1 N–H and O–H groups in total. The van der Waals surface area contributed by atoms with Crippen molar-refractivity contribution in [2.24, 2.45) is 0 Å². The molecule has 94 valence electrons. The minimum absolute atomic E-state index is 0.115. The van der Waals surface area contributed by atoms with E-state index in [1.54, 1.807) is 12.3 Å². The lowest BCUT2D eigenvalue weighted by Gasteiger charge is -2.07. The van der Waals surface area contributed by atoms with Gasteiger partial charge in [0.1, 0.15) is 0 Å². The van der Waals surface area contributed by atoms with Crippen molar-refractivity contribution in [3.05, 3.63) is 52.2 Å². The van der Waals surface area contributed by atoms with Crippen molar-refractivity contribution in [3.8, 4) is 0 Å². The van der Waals surface area contributed by atoms with Crippen molar-refractivity contribution in [2.75, 3.05) is 11.9 Å². The second-order valence-corrected chi connectivity index (χ2v) is 4.04. The minimum Gasteiger partial charge on any atom is -0.385 e. The van der Waals surface area contributed by atoms with Gasteiger partial charge in [-0.2, -0.15) is 5.10 Å². The van der Waals surface area contributed by atoms with Gasteiger partial charge in [0.25, 0.3) is 5.56 Å². The molecule has 2 aromatic heterocycles. The van der Waals surface area contributed by atoms with Gasteiger partial charge in [0.2, 0.25) is 0 Å². The van der Waals surface area contributed by atoms with Crippen LogP contribution in [0.1, 0.15) is 18.3 Å². The Balaban J connectivity index is 2.25. The topological polar surface area (TPSA) is 59.8 Å². The van der Waals surface area contributed by atoms with E-state index in [-0.39, 0.29) is 5.56 Å².